The number of morpholine rings is 1. The van der Waals surface area contributed by atoms with Crippen LogP contribution in [0.2, 0.25) is 0 Å². The molecule has 4 heterocycles. The number of anilines is 1. The molecule has 5 rings (SSSR count). The first-order valence-electron chi connectivity index (χ1n) is 9.10. The van der Waals surface area contributed by atoms with Crippen LogP contribution in [0.5, 0.6) is 0 Å². The Morgan fingerprint density at radius 1 is 1.11 bits per heavy atom. The number of rotatable bonds is 4. The van der Waals surface area contributed by atoms with Crippen molar-refractivity contribution < 1.29 is 9.53 Å². The maximum atomic E-state index is 12.9. The maximum absolute atomic E-state index is 12.9. The smallest absolute Gasteiger partial charge is 0.244 e. The molecule has 0 aliphatic carbocycles. The number of carbonyl (C=O) groups is 1. The number of amides is 1. The molecule has 9 heteroatoms. The maximum Gasteiger partial charge on any atom is 0.244 e. The van der Waals surface area contributed by atoms with Gasteiger partial charge in [0.2, 0.25) is 5.91 Å². The average Bonchev–Trinajstić information content (AvgIpc) is 3.11. The molecule has 3 aromatic rings. The van der Waals surface area contributed by atoms with Crippen LogP contribution in [0.15, 0.2) is 41.9 Å². The SMILES string of the molecule is O=C(Nc1ccc(CN2CCOCC2)cc1)C1Sc2ncnc3ncnc1c23. The van der Waals surface area contributed by atoms with Gasteiger partial charge in [0, 0.05) is 25.3 Å². The first-order valence-corrected chi connectivity index (χ1v) is 9.98. The lowest BCUT2D eigenvalue weighted by atomic mass is 10.1. The Kier molecular flexibility index (Phi) is 4.63. The van der Waals surface area contributed by atoms with Crippen molar-refractivity contribution in [2.75, 3.05) is 31.6 Å². The minimum atomic E-state index is -0.453. The lowest BCUT2D eigenvalue weighted by Crippen LogP contribution is -2.35. The molecule has 2 aliphatic heterocycles. The Bertz CT molecular complexity index is 1020. The summed E-state index contributed by atoms with van der Waals surface area (Å²) in [7, 11) is 0. The Morgan fingerprint density at radius 2 is 1.86 bits per heavy atom. The van der Waals surface area contributed by atoms with Gasteiger partial charge >= 0.3 is 0 Å². The van der Waals surface area contributed by atoms with Gasteiger partial charge in [-0.3, -0.25) is 9.69 Å². The van der Waals surface area contributed by atoms with Gasteiger partial charge in [0.25, 0.3) is 0 Å². The van der Waals surface area contributed by atoms with E-state index in [9.17, 15) is 4.79 Å². The highest BCUT2D eigenvalue weighted by atomic mass is 32.2. The van der Waals surface area contributed by atoms with Gasteiger partial charge in [0.05, 0.1) is 24.3 Å². The van der Waals surface area contributed by atoms with Gasteiger partial charge in [0.1, 0.15) is 22.9 Å². The summed E-state index contributed by atoms with van der Waals surface area (Å²) >= 11 is 1.38. The second kappa shape index (κ2) is 7.42. The predicted molar refractivity (Wildman–Crippen MR) is 105 cm³/mol. The zero-order chi connectivity index (χ0) is 18.9. The normalized spacial score (nSPS) is 19.1. The molecule has 1 fully saturated rings. The zero-order valence-corrected chi connectivity index (χ0v) is 15.9. The number of carbonyl (C=O) groups excluding carboxylic acids is 1. The summed E-state index contributed by atoms with van der Waals surface area (Å²) in [5.74, 6) is -0.121. The topological polar surface area (TPSA) is 93.1 Å². The average molecular weight is 394 g/mol. The summed E-state index contributed by atoms with van der Waals surface area (Å²) in [5, 5.41) is 4.06. The fourth-order valence-electron chi connectivity index (χ4n) is 3.45. The van der Waals surface area contributed by atoms with Crippen LogP contribution in [0.1, 0.15) is 16.5 Å². The fourth-order valence-corrected chi connectivity index (χ4v) is 4.55. The molecule has 1 saturated heterocycles. The van der Waals surface area contributed by atoms with E-state index in [4.69, 9.17) is 4.74 Å². The molecule has 2 aliphatic rings. The molecule has 1 amide bonds. The molecule has 1 atom stereocenters. The molecule has 0 bridgehead atoms. The molecule has 1 N–H and O–H groups in total. The van der Waals surface area contributed by atoms with Gasteiger partial charge < -0.3 is 10.1 Å². The van der Waals surface area contributed by atoms with Gasteiger partial charge in [-0.25, -0.2) is 19.9 Å². The van der Waals surface area contributed by atoms with Crippen molar-refractivity contribution in [3.05, 3.63) is 48.2 Å². The highest BCUT2D eigenvalue weighted by molar-refractivity contribution is 8.00. The summed E-state index contributed by atoms with van der Waals surface area (Å²) in [5.41, 5.74) is 3.23. The Hall–Kier alpha value is -2.62. The first kappa shape index (κ1) is 17.5. The predicted octanol–water partition coefficient (Wildman–Crippen LogP) is 2.04. The van der Waals surface area contributed by atoms with Crippen LogP contribution in [-0.4, -0.2) is 57.0 Å². The van der Waals surface area contributed by atoms with Crippen molar-refractivity contribution in [3.63, 3.8) is 0 Å². The summed E-state index contributed by atoms with van der Waals surface area (Å²) in [6.07, 6.45) is 2.91. The van der Waals surface area contributed by atoms with E-state index in [-0.39, 0.29) is 5.91 Å². The number of ether oxygens (including phenoxy) is 1. The molecule has 0 saturated carbocycles. The van der Waals surface area contributed by atoms with Crippen LogP contribution in [0.4, 0.5) is 5.69 Å². The summed E-state index contributed by atoms with van der Waals surface area (Å²) < 4.78 is 5.38. The van der Waals surface area contributed by atoms with Gasteiger partial charge in [-0.15, -0.1) is 0 Å². The zero-order valence-electron chi connectivity index (χ0n) is 15.0. The number of nitrogens with one attached hydrogen (secondary N) is 1. The van der Waals surface area contributed by atoms with Crippen LogP contribution in [0.3, 0.4) is 0 Å². The van der Waals surface area contributed by atoms with Crippen molar-refractivity contribution in [1.82, 2.24) is 24.8 Å². The van der Waals surface area contributed by atoms with Crippen molar-refractivity contribution in [2.45, 2.75) is 16.8 Å². The van der Waals surface area contributed by atoms with E-state index in [0.717, 1.165) is 48.9 Å². The number of aromatic nitrogens is 4. The highest BCUT2D eigenvalue weighted by Crippen LogP contribution is 2.46. The van der Waals surface area contributed by atoms with Crippen molar-refractivity contribution in [3.8, 4) is 0 Å². The van der Waals surface area contributed by atoms with Gasteiger partial charge in [0.15, 0.2) is 5.65 Å². The molecule has 0 radical (unpaired) electrons. The van der Waals surface area contributed by atoms with E-state index >= 15 is 0 Å². The largest absolute Gasteiger partial charge is 0.379 e. The Morgan fingerprint density at radius 3 is 2.64 bits per heavy atom. The van der Waals surface area contributed by atoms with Crippen molar-refractivity contribution in [1.29, 1.82) is 0 Å². The van der Waals surface area contributed by atoms with E-state index in [1.165, 1.54) is 30.0 Å². The summed E-state index contributed by atoms with van der Waals surface area (Å²) in [6, 6.07) is 7.98. The lowest BCUT2D eigenvalue weighted by molar-refractivity contribution is -0.115. The molecular weight excluding hydrogens is 376 g/mol. The lowest BCUT2D eigenvalue weighted by Gasteiger charge is -2.26. The van der Waals surface area contributed by atoms with Crippen molar-refractivity contribution >= 4 is 34.4 Å². The molecule has 1 aromatic carbocycles. The monoisotopic (exact) mass is 394 g/mol. The third kappa shape index (κ3) is 3.32. The van der Waals surface area contributed by atoms with Crippen LogP contribution in [0, 0.1) is 0 Å². The Labute approximate surface area is 165 Å². The van der Waals surface area contributed by atoms with E-state index < -0.39 is 5.25 Å². The molecule has 2 aromatic heterocycles. The minimum absolute atomic E-state index is 0.121. The summed E-state index contributed by atoms with van der Waals surface area (Å²) in [6.45, 7) is 4.37. The number of benzene rings is 1. The third-order valence-corrected chi connectivity index (χ3v) is 6.08. The number of hydrogen-bond donors (Lipinski definition) is 1. The van der Waals surface area contributed by atoms with E-state index in [1.54, 1.807) is 0 Å². The molecular formula is C19H18N6O2S. The van der Waals surface area contributed by atoms with Crippen LogP contribution in [0.25, 0.3) is 11.0 Å². The quantitative estimate of drug-likeness (QED) is 0.672. The number of hydrogen-bond acceptors (Lipinski definition) is 8. The second-order valence-corrected chi connectivity index (χ2v) is 7.80. The van der Waals surface area contributed by atoms with E-state index in [1.807, 2.05) is 12.1 Å². The first-order chi connectivity index (χ1) is 13.8. The molecule has 8 nitrogen and oxygen atoms in total. The van der Waals surface area contributed by atoms with E-state index in [2.05, 4.69) is 42.3 Å². The number of nitrogens with zero attached hydrogens (tertiary/aromatic N) is 5. The molecule has 142 valence electrons. The van der Waals surface area contributed by atoms with E-state index in [0.29, 0.717) is 11.3 Å². The van der Waals surface area contributed by atoms with Crippen molar-refractivity contribution in [2.24, 2.45) is 0 Å². The number of thioether (sulfide) groups is 1. The summed E-state index contributed by atoms with van der Waals surface area (Å²) in [4.78, 5) is 32.1. The standard InChI is InChI=1S/C19H18N6O2S/c26-18(16-15-14-17(21-10-20-15)22-11-23-19(14)28-16)24-13-3-1-12(2-4-13)9-25-5-7-27-8-6-25/h1-4,10-11,16H,5-9H2,(H,24,26). The van der Waals surface area contributed by atoms with Crippen LogP contribution in [-0.2, 0) is 16.1 Å². The van der Waals surface area contributed by atoms with Gasteiger partial charge in [-0.2, -0.15) is 0 Å². The van der Waals surface area contributed by atoms with Gasteiger partial charge in [-0.05, 0) is 17.7 Å². The molecule has 1 unspecified atom stereocenters. The highest BCUT2D eigenvalue weighted by Gasteiger charge is 2.34. The fraction of sp³-hybridized carbons (Fsp3) is 0.316. The molecule has 28 heavy (non-hydrogen) atoms. The van der Waals surface area contributed by atoms with Crippen LogP contribution < -0.4 is 5.32 Å². The minimum Gasteiger partial charge on any atom is -0.379 e. The second-order valence-electron chi connectivity index (χ2n) is 6.71. The van der Waals surface area contributed by atoms with Gasteiger partial charge in [-0.1, -0.05) is 23.9 Å². The Balaban J connectivity index is 1.28. The molecule has 0 spiro atoms. The van der Waals surface area contributed by atoms with Crippen LogP contribution >= 0.6 is 11.8 Å². The third-order valence-electron chi connectivity index (χ3n) is 4.87.